The smallest absolute Gasteiger partial charge is 0.227 e. The Labute approximate surface area is 204 Å². The molecule has 6 nitrogen and oxygen atoms in total. The quantitative estimate of drug-likeness (QED) is 0.473. The highest BCUT2D eigenvalue weighted by molar-refractivity contribution is 5.93. The molecule has 182 valence electrons. The Hall–Kier alpha value is -3.74. The highest BCUT2D eigenvalue weighted by Gasteiger charge is 2.26. The maximum absolute atomic E-state index is 14.2. The minimum atomic E-state index is -0.358. The lowest BCUT2D eigenvalue weighted by Crippen LogP contribution is -2.28. The Bertz CT molecular complexity index is 1270. The van der Waals surface area contributed by atoms with Crippen LogP contribution in [0.2, 0.25) is 0 Å². The zero-order valence-corrected chi connectivity index (χ0v) is 20.4. The van der Waals surface area contributed by atoms with E-state index in [9.17, 15) is 14.0 Å². The third kappa shape index (κ3) is 6.04. The summed E-state index contributed by atoms with van der Waals surface area (Å²) >= 11 is 0. The van der Waals surface area contributed by atoms with Gasteiger partial charge >= 0.3 is 0 Å². The molecule has 0 fully saturated rings. The number of nitrogens with one attached hydrogen (secondary N) is 2. The lowest BCUT2D eigenvalue weighted by Gasteiger charge is -2.25. The van der Waals surface area contributed by atoms with E-state index in [0.717, 1.165) is 18.4 Å². The van der Waals surface area contributed by atoms with Gasteiger partial charge in [0.05, 0.1) is 0 Å². The molecule has 2 aromatic carbocycles. The fourth-order valence-corrected chi connectivity index (χ4v) is 4.30. The largest absolute Gasteiger partial charge is 0.457 e. The van der Waals surface area contributed by atoms with Gasteiger partial charge in [0.25, 0.3) is 0 Å². The first kappa shape index (κ1) is 24.4. The van der Waals surface area contributed by atoms with Crippen LogP contribution < -0.4 is 15.4 Å². The average molecular weight is 476 g/mol. The molecule has 0 bridgehead atoms. The molecule has 4 rings (SSSR count). The van der Waals surface area contributed by atoms with Crippen molar-refractivity contribution in [3.05, 3.63) is 77.2 Å². The number of fused-ring (bicyclic) bond motifs is 1. The molecule has 1 heterocycles. The average Bonchev–Trinajstić information content (AvgIpc) is 2.79. The lowest BCUT2D eigenvalue weighted by atomic mass is 9.83. The van der Waals surface area contributed by atoms with Gasteiger partial charge in [0, 0.05) is 30.8 Å². The van der Waals surface area contributed by atoms with Gasteiger partial charge in [0.2, 0.25) is 11.8 Å². The molecule has 0 radical (unpaired) electrons. The molecule has 0 saturated carbocycles. The van der Waals surface area contributed by atoms with E-state index in [1.807, 2.05) is 39.0 Å². The molecule has 1 aliphatic carbocycles. The number of pyridine rings is 1. The van der Waals surface area contributed by atoms with Crippen molar-refractivity contribution >= 4 is 23.3 Å². The standard InChI is InChI=1S/C28H30FN3O3/c1-17(33)31-26-16-23(11-12-30-26)35-22-9-7-18-5-6-19(13-20(18)14-22)27(34)32-21-8-10-25(29)24(15-21)28(2,3)4/h7-12,14-16,19H,5-6,13H2,1-4H3,(H,32,34)(H,30,31,33). The van der Waals surface area contributed by atoms with E-state index >= 15 is 0 Å². The van der Waals surface area contributed by atoms with Crippen LogP contribution in [0.1, 0.15) is 50.8 Å². The predicted octanol–water partition coefficient (Wildman–Crippen LogP) is 6.01. The highest BCUT2D eigenvalue weighted by Crippen LogP contribution is 2.32. The molecule has 7 heteroatoms. The Morgan fingerprint density at radius 1 is 1.00 bits per heavy atom. The van der Waals surface area contributed by atoms with Crippen LogP contribution in [0.5, 0.6) is 11.5 Å². The number of hydrogen-bond donors (Lipinski definition) is 2. The van der Waals surface area contributed by atoms with Crippen molar-refractivity contribution < 1.29 is 18.7 Å². The van der Waals surface area contributed by atoms with Crippen molar-refractivity contribution in [1.82, 2.24) is 4.98 Å². The van der Waals surface area contributed by atoms with Gasteiger partial charge in [-0.2, -0.15) is 0 Å². The van der Waals surface area contributed by atoms with Crippen LogP contribution in [0.4, 0.5) is 15.9 Å². The van der Waals surface area contributed by atoms with Crippen LogP contribution in [-0.2, 0) is 27.8 Å². The molecule has 2 amide bonds. The number of carbonyl (C=O) groups is 2. The summed E-state index contributed by atoms with van der Waals surface area (Å²) in [7, 11) is 0. The summed E-state index contributed by atoms with van der Waals surface area (Å²) in [6.07, 6.45) is 3.71. The topological polar surface area (TPSA) is 80.3 Å². The molecule has 0 saturated heterocycles. The molecule has 1 aromatic heterocycles. The van der Waals surface area contributed by atoms with Gasteiger partial charge < -0.3 is 15.4 Å². The van der Waals surface area contributed by atoms with E-state index in [1.165, 1.54) is 18.6 Å². The predicted molar refractivity (Wildman–Crippen MR) is 134 cm³/mol. The first-order chi connectivity index (χ1) is 16.6. The molecule has 2 N–H and O–H groups in total. The van der Waals surface area contributed by atoms with Crippen LogP contribution in [0.3, 0.4) is 0 Å². The molecule has 1 unspecified atom stereocenters. The molecule has 3 aromatic rings. The number of aryl methyl sites for hydroxylation is 1. The van der Waals surface area contributed by atoms with Crippen LogP contribution in [0.15, 0.2) is 54.7 Å². The van der Waals surface area contributed by atoms with Gasteiger partial charge in [-0.3, -0.25) is 9.59 Å². The summed E-state index contributed by atoms with van der Waals surface area (Å²) in [5.41, 5.74) is 3.09. The minimum absolute atomic E-state index is 0.0671. The Balaban J connectivity index is 1.46. The lowest BCUT2D eigenvalue weighted by molar-refractivity contribution is -0.120. The summed E-state index contributed by atoms with van der Waals surface area (Å²) in [5.74, 6) is 0.893. The summed E-state index contributed by atoms with van der Waals surface area (Å²) in [5, 5.41) is 5.62. The van der Waals surface area contributed by atoms with Crippen molar-refractivity contribution in [3.8, 4) is 11.5 Å². The normalized spacial score (nSPS) is 15.2. The van der Waals surface area contributed by atoms with Crippen molar-refractivity contribution in [2.45, 2.75) is 52.4 Å². The van der Waals surface area contributed by atoms with Crippen molar-refractivity contribution in [2.75, 3.05) is 10.6 Å². The van der Waals surface area contributed by atoms with Crippen LogP contribution >= 0.6 is 0 Å². The number of halogens is 1. The second-order valence-corrected chi connectivity index (χ2v) is 9.96. The Kier molecular flexibility index (Phi) is 6.87. The van der Waals surface area contributed by atoms with E-state index in [0.29, 0.717) is 35.0 Å². The van der Waals surface area contributed by atoms with Gasteiger partial charge in [0.15, 0.2) is 0 Å². The monoisotopic (exact) mass is 475 g/mol. The summed E-state index contributed by atoms with van der Waals surface area (Å²) in [4.78, 5) is 28.4. The summed E-state index contributed by atoms with van der Waals surface area (Å²) in [6.45, 7) is 7.26. The molecule has 0 spiro atoms. The first-order valence-corrected chi connectivity index (χ1v) is 11.7. The molecule has 35 heavy (non-hydrogen) atoms. The number of aromatic nitrogens is 1. The van der Waals surface area contributed by atoms with Crippen LogP contribution in [0.25, 0.3) is 0 Å². The number of carbonyl (C=O) groups excluding carboxylic acids is 2. The number of hydrogen-bond acceptors (Lipinski definition) is 4. The van der Waals surface area contributed by atoms with E-state index in [-0.39, 0.29) is 29.0 Å². The summed E-state index contributed by atoms with van der Waals surface area (Å²) in [6, 6.07) is 14.0. The number of anilines is 2. The fourth-order valence-electron chi connectivity index (χ4n) is 4.30. The van der Waals surface area contributed by atoms with Gasteiger partial charge in [-0.25, -0.2) is 9.37 Å². The second kappa shape index (κ2) is 9.86. The number of benzene rings is 2. The van der Waals surface area contributed by atoms with Crippen molar-refractivity contribution in [2.24, 2.45) is 5.92 Å². The van der Waals surface area contributed by atoms with Gasteiger partial charge in [-0.15, -0.1) is 0 Å². The highest BCUT2D eigenvalue weighted by atomic mass is 19.1. The third-order valence-electron chi connectivity index (χ3n) is 6.09. The Morgan fingerprint density at radius 3 is 2.51 bits per heavy atom. The zero-order chi connectivity index (χ0) is 25.2. The first-order valence-electron chi connectivity index (χ1n) is 11.7. The molecular formula is C28H30FN3O3. The maximum Gasteiger partial charge on any atom is 0.227 e. The number of ether oxygens (including phenoxy) is 1. The molecule has 0 aliphatic heterocycles. The minimum Gasteiger partial charge on any atom is -0.457 e. The zero-order valence-electron chi connectivity index (χ0n) is 20.4. The third-order valence-corrected chi connectivity index (χ3v) is 6.09. The van der Waals surface area contributed by atoms with E-state index in [1.54, 1.807) is 30.5 Å². The van der Waals surface area contributed by atoms with Crippen molar-refractivity contribution in [3.63, 3.8) is 0 Å². The Morgan fingerprint density at radius 2 is 1.77 bits per heavy atom. The van der Waals surface area contributed by atoms with Gasteiger partial charge in [-0.05, 0) is 77.8 Å². The number of rotatable bonds is 5. The number of nitrogens with zero attached hydrogens (tertiary/aromatic N) is 1. The molecule has 1 aliphatic rings. The van der Waals surface area contributed by atoms with Crippen molar-refractivity contribution in [1.29, 1.82) is 0 Å². The molecule has 1 atom stereocenters. The van der Waals surface area contributed by atoms with Crippen LogP contribution in [0, 0.1) is 11.7 Å². The van der Waals surface area contributed by atoms with Gasteiger partial charge in [0.1, 0.15) is 23.1 Å². The molecular weight excluding hydrogens is 445 g/mol. The SMILES string of the molecule is CC(=O)Nc1cc(Oc2ccc3c(c2)CC(C(=O)Nc2ccc(F)c(C(C)(C)C)c2)CC3)ccn1. The number of amides is 2. The maximum atomic E-state index is 14.2. The van der Waals surface area contributed by atoms with E-state index in [2.05, 4.69) is 15.6 Å². The van der Waals surface area contributed by atoms with E-state index in [4.69, 9.17) is 4.74 Å². The second-order valence-electron chi connectivity index (χ2n) is 9.96. The fraction of sp³-hybridized carbons (Fsp3) is 0.321. The van der Waals surface area contributed by atoms with Crippen LogP contribution in [-0.4, -0.2) is 16.8 Å². The van der Waals surface area contributed by atoms with Gasteiger partial charge in [-0.1, -0.05) is 26.8 Å². The van der Waals surface area contributed by atoms with E-state index < -0.39 is 0 Å². The summed E-state index contributed by atoms with van der Waals surface area (Å²) < 4.78 is 20.2.